The fourth-order valence-electron chi connectivity index (χ4n) is 0.429. The molecule has 0 amide bonds. The van der Waals surface area contributed by atoms with E-state index in [1.807, 2.05) is 6.92 Å². The third-order valence-electron chi connectivity index (χ3n) is 0.812. The minimum absolute atomic E-state index is 0.0894. The molecule has 0 rings (SSSR count). The van der Waals surface area contributed by atoms with E-state index in [1.54, 1.807) is 0 Å². The molecule has 0 saturated carbocycles. The molecule has 0 spiro atoms. The van der Waals surface area contributed by atoms with Crippen LogP contribution in [0.1, 0.15) is 6.92 Å². The first-order valence-electron chi connectivity index (χ1n) is 4.18. The van der Waals surface area contributed by atoms with Crippen LogP contribution in [0.4, 0.5) is 0 Å². The summed E-state index contributed by atoms with van der Waals surface area (Å²) in [5, 5.41) is 8.26. The topological polar surface area (TPSA) is 38.7 Å². The lowest BCUT2D eigenvalue weighted by molar-refractivity contribution is 0.0370. The minimum atomic E-state index is 0.0894. The largest absolute Gasteiger partial charge is 0.394 e. The smallest absolute Gasteiger partial charge is 0.0701 e. The van der Waals surface area contributed by atoms with Crippen molar-refractivity contribution in [2.45, 2.75) is 6.92 Å². The van der Waals surface area contributed by atoms with Gasteiger partial charge in [-0.2, -0.15) is 0 Å². The fraction of sp³-hybridized carbons (Fsp3) is 0.600. The van der Waals surface area contributed by atoms with E-state index in [9.17, 15) is 0 Å². The predicted octanol–water partition coefficient (Wildman–Crippen LogP) is 1.64. The third kappa shape index (κ3) is 34.6. The van der Waals surface area contributed by atoms with Gasteiger partial charge >= 0.3 is 0 Å². The molecule has 3 heteroatoms. The molecule has 80 valence electrons. The van der Waals surface area contributed by atoms with Crippen LogP contribution in [0.2, 0.25) is 0 Å². The maximum atomic E-state index is 8.26. The molecule has 0 aromatic carbocycles. The van der Waals surface area contributed by atoms with Gasteiger partial charge in [-0.25, -0.2) is 0 Å². The molecule has 0 aliphatic carbocycles. The summed E-state index contributed by atoms with van der Waals surface area (Å²) >= 11 is 0. The van der Waals surface area contributed by atoms with Gasteiger partial charge in [0, 0.05) is 6.61 Å². The zero-order chi connectivity index (χ0) is 10.9. The highest BCUT2D eigenvalue weighted by atomic mass is 16.5. The second kappa shape index (κ2) is 30.1. The van der Waals surface area contributed by atoms with Crippen molar-refractivity contribution >= 4 is 0 Å². The summed E-state index contributed by atoms with van der Waals surface area (Å²) in [4.78, 5) is 0. The van der Waals surface area contributed by atoms with Crippen LogP contribution in [-0.4, -0.2) is 38.1 Å². The van der Waals surface area contributed by atoms with E-state index in [-0.39, 0.29) is 6.61 Å². The van der Waals surface area contributed by atoms with Gasteiger partial charge in [0.1, 0.15) is 0 Å². The van der Waals surface area contributed by atoms with Gasteiger partial charge in [-0.05, 0) is 6.92 Å². The van der Waals surface area contributed by atoms with E-state index >= 15 is 0 Å². The summed E-state index contributed by atoms with van der Waals surface area (Å²) in [5.41, 5.74) is 0. The molecule has 0 atom stereocenters. The quantitative estimate of drug-likeness (QED) is 0.511. The molecule has 0 aromatic heterocycles. The van der Waals surface area contributed by atoms with Crippen LogP contribution in [0, 0.1) is 0 Å². The molecule has 0 heterocycles. The standard InChI is InChI=1S/C6H14O3.2C2H4/c1-2-8-5-6-9-4-3-7;2*1-2/h7H,2-6H2,1H3;2*1-2H2. The number of ether oxygens (including phenoxy) is 2. The average molecular weight is 190 g/mol. The molecule has 1 N–H and O–H groups in total. The summed E-state index contributed by atoms with van der Waals surface area (Å²) in [6, 6.07) is 0. The Kier molecular flexibility index (Phi) is 42.2. The van der Waals surface area contributed by atoms with Crippen molar-refractivity contribution in [3.8, 4) is 0 Å². The third-order valence-corrected chi connectivity index (χ3v) is 0.812. The van der Waals surface area contributed by atoms with Crippen molar-refractivity contribution in [3.63, 3.8) is 0 Å². The molecule has 0 aliphatic heterocycles. The minimum Gasteiger partial charge on any atom is -0.394 e. The van der Waals surface area contributed by atoms with Gasteiger partial charge < -0.3 is 14.6 Å². The van der Waals surface area contributed by atoms with Crippen molar-refractivity contribution in [2.75, 3.05) is 33.0 Å². The van der Waals surface area contributed by atoms with E-state index in [1.165, 1.54) is 0 Å². The highest BCUT2D eigenvalue weighted by Gasteiger charge is 1.84. The number of aliphatic hydroxyl groups excluding tert-OH is 1. The highest BCUT2D eigenvalue weighted by Crippen LogP contribution is 1.76. The predicted molar refractivity (Wildman–Crippen MR) is 56.9 cm³/mol. The second-order valence-electron chi connectivity index (χ2n) is 1.53. The van der Waals surface area contributed by atoms with Gasteiger partial charge in [-0.15, -0.1) is 26.3 Å². The molecule has 0 fully saturated rings. The fourth-order valence-corrected chi connectivity index (χ4v) is 0.429. The van der Waals surface area contributed by atoms with Crippen molar-refractivity contribution < 1.29 is 14.6 Å². The van der Waals surface area contributed by atoms with Gasteiger partial charge in [0.05, 0.1) is 26.4 Å². The molecule has 3 nitrogen and oxygen atoms in total. The number of hydrogen-bond donors (Lipinski definition) is 1. The van der Waals surface area contributed by atoms with Crippen molar-refractivity contribution in [3.05, 3.63) is 26.3 Å². The lowest BCUT2D eigenvalue weighted by atomic mass is 10.7. The van der Waals surface area contributed by atoms with Gasteiger partial charge in [-0.1, -0.05) is 0 Å². The summed E-state index contributed by atoms with van der Waals surface area (Å²) in [5.74, 6) is 0. The van der Waals surface area contributed by atoms with Crippen LogP contribution in [0.5, 0.6) is 0 Å². The monoisotopic (exact) mass is 190 g/mol. The lowest BCUT2D eigenvalue weighted by Gasteiger charge is -2.00. The molecule has 0 saturated heterocycles. The van der Waals surface area contributed by atoms with Crippen molar-refractivity contribution in [2.24, 2.45) is 0 Å². The van der Waals surface area contributed by atoms with Crippen LogP contribution >= 0.6 is 0 Å². The van der Waals surface area contributed by atoms with E-state index < -0.39 is 0 Å². The Bertz CT molecular complexity index is 59.2. The lowest BCUT2D eigenvalue weighted by Crippen LogP contribution is -2.06. The van der Waals surface area contributed by atoms with Crippen LogP contribution in [0.15, 0.2) is 26.3 Å². The maximum Gasteiger partial charge on any atom is 0.0701 e. The first-order valence-corrected chi connectivity index (χ1v) is 4.18. The Morgan fingerprint density at radius 1 is 0.923 bits per heavy atom. The highest BCUT2D eigenvalue weighted by molar-refractivity contribution is 4.28. The first-order chi connectivity index (χ1) is 6.41. The molecular weight excluding hydrogens is 168 g/mol. The van der Waals surface area contributed by atoms with Crippen molar-refractivity contribution in [1.29, 1.82) is 0 Å². The zero-order valence-electron chi connectivity index (χ0n) is 8.63. The molecule has 0 unspecified atom stereocenters. The van der Waals surface area contributed by atoms with Crippen molar-refractivity contribution in [1.82, 2.24) is 0 Å². The SMILES string of the molecule is C=C.C=C.CCOCCOCCO. The number of aliphatic hydroxyl groups is 1. The first kappa shape index (κ1) is 18.2. The van der Waals surface area contributed by atoms with E-state index in [0.717, 1.165) is 6.61 Å². The molecule has 13 heavy (non-hydrogen) atoms. The molecule has 0 aliphatic rings. The number of rotatable bonds is 6. The summed E-state index contributed by atoms with van der Waals surface area (Å²) in [6.07, 6.45) is 0. The Balaban J connectivity index is -0.000000218. The van der Waals surface area contributed by atoms with E-state index in [0.29, 0.717) is 19.8 Å². The molecule has 0 aromatic rings. The maximum absolute atomic E-state index is 8.26. The number of hydrogen-bond acceptors (Lipinski definition) is 3. The van der Waals surface area contributed by atoms with Crippen LogP contribution in [0.25, 0.3) is 0 Å². The van der Waals surface area contributed by atoms with Gasteiger partial charge in [0.25, 0.3) is 0 Å². The Labute approximate surface area is 81.7 Å². The second-order valence-corrected chi connectivity index (χ2v) is 1.53. The van der Waals surface area contributed by atoms with Crippen LogP contribution in [-0.2, 0) is 9.47 Å². The van der Waals surface area contributed by atoms with Gasteiger partial charge in [0.2, 0.25) is 0 Å². The summed E-state index contributed by atoms with van der Waals surface area (Å²) in [7, 11) is 0. The summed E-state index contributed by atoms with van der Waals surface area (Å²) in [6.45, 7) is 16.4. The van der Waals surface area contributed by atoms with Gasteiger partial charge in [0.15, 0.2) is 0 Å². The normalized spacial score (nSPS) is 7.54. The average Bonchev–Trinajstić information content (AvgIpc) is 2.24. The van der Waals surface area contributed by atoms with Crippen LogP contribution in [0.3, 0.4) is 0 Å². The zero-order valence-corrected chi connectivity index (χ0v) is 8.63. The van der Waals surface area contributed by atoms with Gasteiger partial charge in [-0.3, -0.25) is 0 Å². The Morgan fingerprint density at radius 3 is 1.77 bits per heavy atom. The Morgan fingerprint density at radius 2 is 1.38 bits per heavy atom. The molecule has 0 radical (unpaired) electrons. The Hall–Kier alpha value is -0.640. The van der Waals surface area contributed by atoms with Crippen LogP contribution < -0.4 is 0 Å². The molecule has 0 bridgehead atoms. The van der Waals surface area contributed by atoms with E-state index in [4.69, 9.17) is 14.6 Å². The summed E-state index contributed by atoms with van der Waals surface area (Å²) < 4.78 is 9.88. The van der Waals surface area contributed by atoms with E-state index in [2.05, 4.69) is 26.3 Å². The molecular formula is C10H22O3.